The lowest BCUT2D eigenvalue weighted by molar-refractivity contribution is -0.114. The lowest BCUT2D eigenvalue weighted by atomic mass is 10.1. The van der Waals surface area contributed by atoms with Gasteiger partial charge in [0.1, 0.15) is 11.5 Å². The van der Waals surface area contributed by atoms with Crippen LogP contribution < -0.4 is 16.1 Å². The minimum absolute atomic E-state index is 0.137. The van der Waals surface area contributed by atoms with E-state index in [1.165, 1.54) is 36.3 Å². The van der Waals surface area contributed by atoms with E-state index in [2.05, 4.69) is 41.2 Å². The van der Waals surface area contributed by atoms with E-state index >= 15 is 0 Å². The number of hydrogen-bond acceptors (Lipinski definition) is 7. The van der Waals surface area contributed by atoms with Gasteiger partial charge in [0.05, 0.1) is 28.0 Å². The molecule has 3 N–H and O–H groups in total. The highest BCUT2D eigenvalue weighted by molar-refractivity contribution is 9.10. The number of carbonyl (C=O) groups excluding carboxylic acids is 1. The Morgan fingerprint density at radius 1 is 1.20 bits per heavy atom. The van der Waals surface area contributed by atoms with Crippen LogP contribution in [0, 0.1) is 5.82 Å². The van der Waals surface area contributed by atoms with Crippen molar-refractivity contribution >= 4 is 44.9 Å². The molecule has 0 spiro atoms. The number of nitrogens with one attached hydrogen (secondary N) is 1. The predicted molar refractivity (Wildman–Crippen MR) is 122 cm³/mol. The number of carbonyl (C=O) groups is 1. The summed E-state index contributed by atoms with van der Waals surface area (Å²) in [4.78, 5) is 17.0. The van der Waals surface area contributed by atoms with E-state index in [0.29, 0.717) is 0 Å². The number of likely N-dealkylation sites (N-methyl/N-ethyl adjacent to an activating group) is 1. The Hall–Kier alpha value is -3.78. The van der Waals surface area contributed by atoms with Gasteiger partial charge in [-0.1, -0.05) is 18.2 Å². The highest BCUT2D eigenvalue weighted by atomic mass is 79.9. The molecule has 0 radical (unpaired) electrons. The number of benzene rings is 2. The van der Waals surface area contributed by atoms with Crippen molar-refractivity contribution in [1.29, 1.82) is 0 Å². The third kappa shape index (κ3) is 5.02. The monoisotopic (exact) mass is 553 g/mol. The second kappa shape index (κ2) is 9.46. The number of halogens is 5. The zero-order valence-electron chi connectivity index (χ0n) is 17.8. The number of amidine groups is 1. The van der Waals surface area contributed by atoms with Gasteiger partial charge in [0.15, 0.2) is 11.5 Å². The molecule has 14 heteroatoms. The molecule has 3 aromatic rings. The third-order valence-electron chi connectivity index (χ3n) is 4.89. The molecule has 1 aromatic heterocycles. The van der Waals surface area contributed by atoms with Crippen LogP contribution in [0.3, 0.4) is 0 Å². The van der Waals surface area contributed by atoms with E-state index < -0.39 is 29.2 Å². The molecule has 35 heavy (non-hydrogen) atoms. The summed E-state index contributed by atoms with van der Waals surface area (Å²) in [6.07, 6.45) is -4.84. The zero-order chi connectivity index (χ0) is 25.3. The molecule has 9 nitrogen and oxygen atoms in total. The first kappa shape index (κ1) is 24.3. The molecule has 2 aromatic carbocycles. The van der Waals surface area contributed by atoms with Crippen LogP contribution in [0.5, 0.6) is 0 Å². The van der Waals surface area contributed by atoms with Crippen LogP contribution in [0.4, 0.5) is 34.8 Å². The minimum atomic E-state index is -4.84. The second-order valence-electron chi connectivity index (χ2n) is 7.30. The quantitative estimate of drug-likeness (QED) is 0.277. The van der Waals surface area contributed by atoms with Crippen molar-refractivity contribution in [2.45, 2.75) is 6.18 Å². The Labute approximate surface area is 204 Å². The summed E-state index contributed by atoms with van der Waals surface area (Å²) in [5, 5.41) is 11.5. The number of aromatic nitrogens is 2. The van der Waals surface area contributed by atoms with Gasteiger partial charge in [-0.25, -0.2) is 19.0 Å². The van der Waals surface area contributed by atoms with Crippen molar-refractivity contribution < 1.29 is 27.0 Å². The number of para-hydroxylation sites is 1. The second-order valence-corrected chi connectivity index (χ2v) is 8.15. The first-order valence-electron chi connectivity index (χ1n) is 9.86. The van der Waals surface area contributed by atoms with Crippen LogP contribution in [-0.4, -0.2) is 46.8 Å². The minimum Gasteiger partial charge on any atom is -0.382 e. The maximum absolute atomic E-state index is 14.0. The molecule has 4 rings (SSSR count). The molecule has 0 saturated heterocycles. The van der Waals surface area contributed by atoms with E-state index in [-0.39, 0.29) is 39.7 Å². The molecule has 0 aliphatic carbocycles. The highest BCUT2D eigenvalue weighted by Gasteiger charge is 2.48. The van der Waals surface area contributed by atoms with Crippen molar-refractivity contribution in [2.24, 2.45) is 10.7 Å². The molecule has 2 heterocycles. The fourth-order valence-electron chi connectivity index (χ4n) is 3.41. The first-order valence-corrected chi connectivity index (χ1v) is 10.7. The van der Waals surface area contributed by atoms with Gasteiger partial charge in [-0.2, -0.15) is 13.2 Å². The van der Waals surface area contributed by atoms with Crippen molar-refractivity contribution in [3.63, 3.8) is 0 Å². The Kier molecular flexibility index (Phi) is 6.58. The summed E-state index contributed by atoms with van der Waals surface area (Å²) in [5.41, 5.74) is 4.51. The number of aliphatic imine (C=N–C) groups is 1. The Bertz CT molecular complexity index is 1320. The lowest BCUT2D eigenvalue weighted by Gasteiger charge is -2.30. The van der Waals surface area contributed by atoms with E-state index in [1.807, 2.05) is 0 Å². The van der Waals surface area contributed by atoms with Gasteiger partial charge in [0.25, 0.3) is 5.91 Å². The Balaban J connectivity index is 1.65. The predicted octanol–water partition coefficient (Wildman–Crippen LogP) is 4.13. The van der Waals surface area contributed by atoms with Gasteiger partial charge < -0.3 is 11.1 Å². The molecule has 0 bridgehead atoms. The third-order valence-corrected chi connectivity index (χ3v) is 5.49. The topological polar surface area (TPSA) is 113 Å². The van der Waals surface area contributed by atoms with Crippen molar-refractivity contribution in [2.75, 3.05) is 23.9 Å². The number of hydrazine groups is 1. The summed E-state index contributed by atoms with van der Waals surface area (Å²) in [7, 11) is 1.42. The van der Waals surface area contributed by atoms with Crippen LogP contribution in [0.2, 0.25) is 0 Å². The number of amides is 1. The van der Waals surface area contributed by atoms with Gasteiger partial charge in [-0.3, -0.25) is 9.80 Å². The largest absolute Gasteiger partial charge is 0.433 e. The summed E-state index contributed by atoms with van der Waals surface area (Å²) in [6, 6.07) is 11.7. The van der Waals surface area contributed by atoms with Crippen LogP contribution in [0.1, 0.15) is 5.69 Å². The molecule has 0 unspecified atom stereocenters. The molecule has 0 atom stereocenters. The number of nitrogens with two attached hydrogens (primary N) is 1. The molecule has 0 fully saturated rings. The molecule has 1 aliphatic rings. The normalized spacial score (nSPS) is 15.1. The summed E-state index contributed by atoms with van der Waals surface area (Å²) in [6.45, 7) is -0.330. The van der Waals surface area contributed by atoms with Gasteiger partial charge in [-0.15, -0.1) is 0 Å². The average Bonchev–Trinajstić information content (AvgIpc) is 3.41. The Morgan fingerprint density at radius 2 is 1.91 bits per heavy atom. The highest BCUT2D eigenvalue weighted by Crippen LogP contribution is 2.39. The van der Waals surface area contributed by atoms with Crippen LogP contribution in [-0.2, 0) is 4.79 Å². The van der Waals surface area contributed by atoms with E-state index in [4.69, 9.17) is 5.73 Å². The number of hydrogen-bond donors (Lipinski definition) is 2. The number of nitrogens with zero attached hydrogens (tertiary/aromatic N) is 5. The lowest BCUT2D eigenvalue weighted by Crippen LogP contribution is -2.38. The number of allylic oxidation sites excluding steroid dienone is 1. The first-order chi connectivity index (χ1) is 16.6. The van der Waals surface area contributed by atoms with Crippen LogP contribution in [0.15, 0.2) is 73.9 Å². The van der Waals surface area contributed by atoms with E-state index in [1.54, 1.807) is 18.2 Å². The summed E-state index contributed by atoms with van der Waals surface area (Å²) >= 11 is 3.02. The average molecular weight is 554 g/mol. The van der Waals surface area contributed by atoms with Gasteiger partial charge in [0.2, 0.25) is 5.82 Å². The standard InChI is InChI=1S/C21H16BrF4N7O2/c1-32-10-13(17(21(24,25)26)33(32)12-5-3-2-4-6-12)20(34)29-19-16(30-35-31-19)18(27)28-11-7-8-15(23)14(22)9-11/h2-9H,10H2,1H3,(H2,27,28)(H,29,31,34). The van der Waals surface area contributed by atoms with Crippen LogP contribution in [0.25, 0.3) is 0 Å². The molecular formula is C21H16BrF4N7O2. The fourth-order valence-corrected chi connectivity index (χ4v) is 3.77. The molecule has 1 aliphatic heterocycles. The maximum Gasteiger partial charge on any atom is 0.433 e. The van der Waals surface area contributed by atoms with Gasteiger partial charge >= 0.3 is 6.18 Å². The molecule has 0 saturated carbocycles. The van der Waals surface area contributed by atoms with E-state index in [9.17, 15) is 22.4 Å². The SMILES string of the molecule is CN1CC(C(=O)Nc2nonc2C(N)=Nc2ccc(F)c(Br)c2)=C(C(F)(F)F)N1c1ccccc1. The maximum atomic E-state index is 14.0. The Morgan fingerprint density at radius 3 is 2.57 bits per heavy atom. The van der Waals surface area contributed by atoms with Crippen molar-refractivity contribution in [1.82, 2.24) is 15.3 Å². The van der Waals surface area contributed by atoms with Crippen LogP contribution >= 0.6 is 15.9 Å². The molecular weight excluding hydrogens is 538 g/mol. The molecule has 182 valence electrons. The van der Waals surface area contributed by atoms with Crippen molar-refractivity contribution in [3.8, 4) is 0 Å². The fraction of sp³-hybridized carbons (Fsp3) is 0.143. The van der Waals surface area contributed by atoms with Gasteiger partial charge in [0, 0.05) is 7.05 Å². The van der Waals surface area contributed by atoms with Crippen molar-refractivity contribution in [3.05, 3.63) is 75.8 Å². The van der Waals surface area contributed by atoms with E-state index in [0.717, 1.165) is 11.1 Å². The number of rotatable bonds is 5. The van der Waals surface area contributed by atoms with Gasteiger partial charge in [-0.05, 0) is 56.6 Å². The smallest absolute Gasteiger partial charge is 0.382 e. The summed E-state index contributed by atoms with van der Waals surface area (Å²) in [5.74, 6) is -2.18. The number of alkyl halides is 3. The number of anilines is 2. The zero-order valence-corrected chi connectivity index (χ0v) is 19.4. The molecule has 1 amide bonds. The summed E-state index contributed by atoms with van der Waals surface area (Å²) < 4.78 is 60.3.